The van der Waals surface area contributed by atoms with E-state index in [0.29, 0.717) is 30.6 Å². The molecular formula is C32H46O5. The summed E-state index contributed by atoms with van der Waals surface area (Å²) in [4.78, 5) is 37.4. The van der Waals surface area contributed by atoms with Crippen molar-refractivity contribution in [1.82, 2.24) is 0 Å². The van der Waals surface area contributed by atoms with E-state index in [1.165, 1.54) is 12.5 Å². The van der Waals surface area contributed by atoms with Gasteiger partial charge in [-0.25, -0.2) is 4.79 Å². The van der Waals surface area contributed by atoms with Crippen molar-refractivity contribution in [3.05, 3.63) is 22.8 Å². The number of cyclic esters (lactones) is 1. The smallest absolute Gasteiger partial charge is 0.333 e. The predicted octanol–water partition coefficient (Wildman–Crippen LogP) is 6.75. The number of carbonyl (C=O) groups excluding carboxylic acids is 3. The molecule has 7 atom stereocenters. The Morgan fingerprint density at radius 2 is 1.78 bits per heavy atom. The van der Waals surface area contributed by atoms with E-state index in [4.69, 9.17) is 9.47 Å². The number of carbonyl (C=O) groups is 3. The lowest BCUT2D eigenvalue weighted by molar-refractivity contribution is -0.154. The molecule has 1 aliphatic heterocycles. The zero-order valence-electron chi connectivity index (χ0n) is 24.0. The fourth-order valence-electron chi connectivity index (χ4n) is 9.83. The number of allylic oxidation sites excluding steroid dienone is 1. The Morgan fingerprint density at radius 1 is 1.05 bits per heavy atom. The molecule has 0 unspecified atom stereocenters. The van der Waals surface area contributed by atoms with Crippen LogP contribution in [0.25, 0.3) is 0 Å². The molecule has 4 aliphatic carbocycles. The molecule has 0 radical (unpaired) electrons. The zero-order valence-corrected chi connectivity index (χ0v) is 24.0. The van der Waals surface area contributed by atoms with E-state index in [0.717, 1.165) is 56.9 Å². The highest BCUT2D eigenvalue weighted by molar-refractivity contribution is 5.88. The Morgan fingerprint density at radius 3 is 2.46 bits per heavy atom. The summed E-state index contributed by atoms with van der Waals surface area (Å²) in [6.07, 6.45) is 10.6. The maximum Gasteiger partial charge on any atom is 0.333 e. The maximum absolute atomic E-state index is 13.1. The van der Waals surface area contributed by atoms with E-state index in [1.54, 1.807) is 5.57 Å². The number of fused-ring (bicyclic) bond motifs is 4. The van der Waals surface area contributed by atoms with Gasteiger partial charge in [-0.3, -0.25) is 9.59 Å². The van der Waals surface area contributed by atoms with Crippen LogP contribution in [0.2, 0.25) is 0 Å². The number of hydrogen-bond donors (Lipinski definition) is 0. The highest BCUT2D eigenvalue weighted by Crippen LogP contribution is 2.72. The quantitative estimate of drug-likeness (QED) is 0.309. The highest BCUT2D eigenvalue weighted by atomic mass is 16.5. The molecule has 37 heavy (non-hydrogen) atoms. The topological polar surface area (TPSA) is 69.7 Å². The first-order chi connectivity index (χ1) is 17.3. The van der Waals surface area contributed by atoms with E-state index >= 15 is 0 Å². The van der Waals surface area contributed by atoms with Crippen molar-refractivity contribution in [2.45, 2.75) is 112 Å². The lowest BCUT2D eigenvalue weighted by Crippen LogP contribution is -2.56. The number of esters is 2. The van der Waals surface area contributed by atoms with Gasteiger partial charge in [-0.2, -0.15) is 0 Å². The summed E-state index contributed by atoms with van der Waals surface area (Å²) in [6.45, 7) is 15.3. The Bertz CT molecular complexity index is 1080. The fourth-order valence-corrected chi connectivity index (χ4v) is 9.83. The molecular weight excluding hydrogens is 464 g/mol. The van der Waals surface area contributed by atoms with Crippen molar-refractivity contribution in [1.29, 1.82) is 0 Å². The highest BCUT2D eigenvalue weighted by Gasteiger charge is 2.65. The Kier molecular flexibility index (Phi) is 6.35. The molecule has 0 amide bonds. The lowest BCUT2D eigenvalue weighted by Gasteiger charge is -2.61. The minimum Gasteiger partial charge on any atom is -0.465 e. The number of ether oxygens (including phenoxy) is 2. The van der Waals surface area contributed by atoms with Gasteiger partial charge in [-0.1, -0.05) is 51.8 Å². The van der Waals surface area contributed by atoms with Crippen LogP contribution in [0.15, 0.2) is 22.8 Å². The van der Waals surface area contributed by atoms with Gasteiger partial charge in [0.05, 0.1) is 0 Å². The third-order valence-corrected chi connectivity index (χ3v) is 12.3. The van der Waals surface area contributed by atoms with Crippen LogP contribution in [-0.2, 0) is 23.9 Å². The Balaban J connectivity index is 1.53. The Hall–Kier alpha value is -1.91. The van der Waals surface area contributed by atoms with Crippen molar-refractivity contribution in [3.8, 4) is 0 Å². The molecule has 0 bridgehead atoms. The molecule has 5 aliphatic rings. The SMILES string of the molecule is CC(=O)OC[C@]12CCC(=O)C(C)(C)[C@@H]1CCC1=C2CC[C@]2(C)[C@@H]([C@H](C)[C@@H]3CC=C(C)C(=O)O3)CC[C@@]12C. The van der Waals surface area contributed by atoms with Crippen LogP contribution in [0.4, 0.5) is 0 Å². The van der Waals surface area contributed by atoms with Gasteiger partial charge in [0.25, 0.3) is 0 Å². The van der Waals surface area contributed by atoms with Gasteiger partial charge >= 0.3 is 11.9 Å². The second kappa shape index (κ2) is 8.81. The van der Waals surface area contributed by atoms with Crippen LogP contribution in [-0.4, -0.2) is 30.4 Å². The minimum absolute atomic E-state index is 0.0491. The number of rotatable bonds is 4. The fraction of sp³-hybridized carbons (Fsp3) is 0.781. The molecule has 5 heteroatoms. The van der Waals surface area contributed by atoms with Gasteiger partial charge in [0.15, 0.2) is 0 Å². The van der Waals surface area contributed by atoms with E-state index in [2.05, 4.69) is 40.7 Å². The summed E-state index contributed by atoms with van der Waals surface area (Å²) in [6, 6.07) is 0. The van der Waals surface area contributed by atoms with Gasteiger partial charge in [0.1, 0.15) is 18.5 Å². The summed E-state index contributed by atoms with van der Waals surface area (Å²) in [5.41, 5.74) is 3.41. The maximum atomic E-state index is 13.1. The summed E-state index contributed by atoms with van der Waals surface area (Å²) >= 11 is 0. The molecule has 0 spiro atoms. The standard InChI is InChI=1S/C32H46O5/c1-19-8-10-25(37-28(19)35)20(2)22-12-15-31(7)23-9-11-26-29(4,5)27(34)14-17-32(26,18-36-21(3)33)24(23)13-16-30(22,31)6/h8,20,22,25-26H,9-18H2,1-7H3/t20-,22+,25-,26-,30+,31-,32-/m0/s1. The first kappa shape index (κ1) is 26.7. The Labute approximate surface area is 222 Å². The van der Waals surface area contributed by atoms with Crippen LogP contribution in [0.3, 0.4) is 0 Å². The van der Waals surface area contributed by atoms with Crippen LogP contribution < -0.4 is 0 Å². The van der Waals surface area contributed by atoms with Gasteiger partial charge in [0.2, 0.25) is 0 Å². The average molecular weight is 511 g/mol. The van der Waals surface area contributed by atoms with Gasteiger partial charge < -0.3 is 9.47 Å². The van der Waals surface area contributed by atoms with E-state index in [1.807, 2.05) is 6.92 Å². The molecule has 5 nitrogen and oxygen atoms in total. The third-order valence-electron chi connectivity index (χ3n) is 12.3. The molecule has 0 saturated heterocycles. The number of ketones is 1. The van der Waals surface area contributed by atoms with Crippen LogP contribution in [0.1, 0.15) is 106 Å². The summed E-state index contributed by atoms with van der Waals surface area (Å²) in [5, 5.41) is 0. The second-order valence-electron chi connectivity index (χ2n) is 14.0. The largest absolute Gasteiger partial charge is 0.465 e. The van der Waals surface area contributed by atoms with Crippen molar-refractivity contribution in [2.24, 2.45) is 39.4 Å². The van der Waals surface area contributed by atoms with Gasteiger partial charge in [-0.15, -0.1) is 0 Å². The van der Waals surface area contributed by atoms with Crippen LogP contribution >= 0.6 is 0 Å². The first-order valence-electron chi connectivity index (χ1n) is 14.6. The predicted molar refractivity (Wildman–Crippen MR) is 142 cm³/mol. The van der Waals surface area contributed by atoms with Gasteiger partial charge in [0, 0.05) is 36.2 Å². The summed E-state index contributed by atoms with van der Waals surface area (Å²) < 4.78 is 11.7. The summed E-state index contributed by atoms with van der Waals surface area (Å²) in [7, 11) is 0. The van der Waals surface area contributed by atoms with Crippen molar-refractivity contribution >= 4 is 17.7 Å². The molecule has 0 aromatic rings. The van der Waals surface area contributed by atoms with Crippen LogP contribution in [0.5, 0.6) is 0 Å². The molecule has 1 heterocycles. The van der Waals surface area contributed by atoms with Gasteiger partial charge in [-0.05, 0) is 80.5 Å². The van der Waals surface area contributed by atoms with Crippen molar-refractivity contribution < 1.29 is 23.9 Å². The second-order valence-corrected chi connectivity index (χ2v) is 14.0. The lowest BCUT2D eigenvalue weighted by atomic mass is 9.43. The van der Waals surface area contributed by atoms with Crippen molar-refractivity contribution in [2.75, 3.05) is 6.61 Å². The average Bonchev–Trinajstić information content (AvgIpc) is 3.13. The summed E-state index contributed by atoms with van der Waals surface area (Å²) in [5.74, 6) is 0.960. The van der Waals surface area contributed by atoms with E-state index in [-0.39, 0.29) is 40.2 Å². The first-order valence-corrected chi connectivity index (χ1v) is 14.6. The minimum atomic E-state index is -0.401. The number of hydrogen-bond acceptors (Lipinski definition) is 5. The zero-order chi connectivity index (χ0) is 27.0. The molecule has 2 fully saturated rings. The molecule has 2 saturated carbocycles. The number of Topliss-reactive ketones (excluding diaryl/α,β-unsaturated/α-hetero) is 1. The van der Waals surface area contributed by atoms with E-state index < -0.39 is 5.41 Å². The molecule has 0 aromatic carbocycles. The molecule has 204 valence electrons. The van der Waals surface area contributed by atoms with Crippen LogP contribution in [0, 0.1) is 39.4 Å². The molecule has 0 aromatic heterocycles. The third kappa shape index (κ3) is 3.72. The molecule has 5 rings (SSSR count). The van der Waals surface area contributed by atoms with Crippen molar-refractivity contribution in [3.63, 3.8) is 0 Å². The molecule has 0 N–H and O–H groups in total. The normalized spacial score (nSPS) is 41.7. The van der Waals surface area contributed by atoms with E-state index in [9.17, 15) is 14.4 Å². The monoisotopic (exact) mass is 510 g/mol.